The topological polar surface area (TPSA) is 161 Å². The first kappa shape index (κ1) is 27.9. The highest BCUT2D eigenvalue weighted by Crippen LogP contribution is 2.41. The number of carboxylic acids is 1. The predicted molar refractivity (Wildman–Crippen MR) is 148 cm³/mol. The molecule has 2 heterocycles. The van der Waals surface area contributed by atoms with Crippen LogP contribution in [0.5, 0.6) is 11.5 Å². The lowest BCUT2D eigenvalue weighted by Crippen LogP contribution is -2.48. The molecule has 0 radical (unpaired) electrons. The molecule has 3 aromatic carbocycles. The zero-order chi connectivity index (χ0) is 29.4. The van der Waals surface area contributed by atoms with Crippen LogP contribution in [0.15, 0.2) is 89.8 Å². The van der Waals surface area contributed by atoms with Gasteiger partial charge in [0.15, 0.2) is 11.5 Å². The zero-order valence-electron chi connectivity index (χ0n) is 21.4. The van der Waals surface area contributed by atoms with Crippen LogP contribution in [0.1, 0.15) is 16.1 Å². The van der Waals surface area contributed by atoms with Crippen LogP contribution in [0.25, 0.3) is 11.3 Å². The SMILES string of the molecule is COc1cccc2c1OC(=O)CN2S(=O)(=O)NS(=O)(=O)c1cccc(-c2ccc(C(=O)O)n2Cc2ccccc2)c1. The number of anilines is 1. The minimum Gasteiger partial charge on any atom is -0.493 e. The van der Waals surface area contributed by atoms with Crippen molar-refractivity contribution in [3.63, 3.8) is 0 Å². The monoisotopic (exact) mass is 597 g/mol. The second kappa shape index (κ2) is 10.7. The Balaban J connectivity index is 1.50. The van der Waals surface area contributed by atoms with Crippen molar-refractivity contribution >= 4 is 37.9 Å². The first-order chi connectivity index (χ1) is 19.5. The van der Waals surface area contributed by atoms with Crippen LogP contribution < -0.4 is 17.9 Å². The summed E-state index contributed by atoms with van der Waals surface area (Å²) in [6, 6.07) is 21.8. The summed E-state index contributed by atoms with van der Waals surface area (Å²) in [6.07, 6.45) is 0. The molecule has 14 heteroatoms. The molecule has 0 aliphatic carbocycles. The fraction of sp³-hybridized carbons (Fsp3) is 0.111. The van der Waals surface area contributed by atoms with Crippen LogP contribution in [0.4, 0.5) is 5.69 Å². The molecule has 0 bridgehead atoms. The molecule has 0 unspecified atom stereocenters. The number of hydrogen-bond acceptors (Lipinski definition) is 8. The number of nitrogens with one attached hydrogen (secondary N) is 1. The van der Waals surface area contributed by atoms with Gasteiger partial charge < -0.3 is 19.1 Å². The van der Waals surface area contributed by atoms with E-state index in [-0.39, 0.29) is 29.4 Å². The Morgan fingerprint density at radius 1 is 0.976 bits per heavy atom. The van der Waals surface area contributed by atoms with Crippen molar-refractivity contribution in [2.45, 2.75) is 11.4 Å². The first-order valence-corrected chi connectivity index (χ1v) is 14.9. The van der Waals surface area contributed by atoms with E-state index in [1.54, 1.807) is 16.3 Å². The second-order valence-corrected chi connectivity index (χ2v) is 12.4. The second-order valence-electron chi connectivity index (χ2n) is 8.89. The van der Waals surface area contributed by atoms with Crippen LogP contribution in [0.3, 0.4) is 0 Å². The summed E-state index contributed by atoms with van der Waals surface area (Å²) in [4.78, 5) is 23.7. The highest BCUT2D eigenvalue weighted by molar-refractivity contribution is 8.05. The van der Waals surface area contributed by atoms with Gasteiger partial charge in [-0.15, -0.1) is 0 Å². The normalized spacial score (nSPS) is 13.4. The van der Waals surface area contributed by atoms with Gasteiger partial charge in [-0.2, -0.15) is 8.42 Å². The average Bonchev–Trinajstić information content (AvgIpc) is 3.36. The number of hydrogen-bond donors (Lipinski definition) is 2. The Hall–Kier alpha value is -4.66. The summed E-state index contributed by atoms with van der Waals surface area (Å²) >= 11 is 0. The van der Waals surface area contributed by atoms with E-state index in [9.17, 15) is 31.5 Å². The fourth-order valence-electron chi connectivity index (χ4n) is 4.42. The molecular formula is C27H23N3O9S2. The minimum absolute atomic E-state index is 0.0103. The van der Waals surface area contributed by atoms with Crippen LogP contribution in [-0.4, -0.2) is 52.1 Å². The third-order valence-corrected chi connectivity index (χ3v) is 9.76. The summed E-state index contributed by atoms with van der Waals surface area (Å²) < 4.78 is 67.3. The van der Waals surface area contributed by atoms with Crippen LogP contribution in [0.2, 0.25) is 0 Å². The Morgan fingerprint density at radius 3 is 2.41 bits per heavy atom. The Kier molecular flexibility index (Phi) is 7.29. The van der Waals surface area contributed by atoms with Gasteiger partial charge in [0.1, 0.15) is 17.9 Å². The third-order valence-electron chi connectivity index (χ3n) is 6.26. The maximum Gasteiger partial charge on any atom is 0.352 e. The lowest BCUT2D eigenvalue weighted by molar-refractivity contribution is -0.133. The standard InChI is InChI=1S/C27H23N3O9S2/c1-38-24-12-6-11-22-26(24)39-25(31)17-30(22)41(36,37)28-40(34,35)20-10-5-9-19(15-20)21-13-14-23(27(32)33)29(21)16-18-7-3-2-4-8-18/h2-15,28H,16-17H2,1H3,(H,32,33). The van der Waals surface area contributed by atoms with Crippen LogP contribution in [-0.2, 0) is 31.6 Å². The smallest absolute Gasteiger partial charge is 0.352 e. The largest absolute Gasteiger partial charge is 0.493 e. The number of ether oxygens (including phenoxy) is 2. The number of fused-ring (bicyclic) bond motifs is 1. The van der Waals surface area contributed by atoms with E-state index in [0.29, 0.717) is 15.6 Å². The molecular weight excluding hydrogens is 574 g/mol. The summed E-state index contributed by atoms with van der Waals surface area (Å²) in [7, 11) is -8.23. The molecule has 5 rings (SSSR count). The lowest BCUT2D eigenvalue weighted by atomic mass is 10.1. The molecule has 212 valence electrons. The van der Waals surface area contributed by atoms with Crippen molar-refractivity contribution in [3.05, 3.63) is 96.2 Å². The highest BCUT2D eigenvalue weighted by Gasteiger charge is 2.37. The van der Waals surface area contributed by atoms with Crippen molar-refractivity contribution in [2.75, 3.05) is 18.0 Å². The van der Waals surface area contributed by atoms with Gasteiger partial charge in [-0.3, -0.25) is 0 Å². The van der Waals surface area contributed by atoms with Crippen molar-refractivity contribution in [2.24, 2.45) is 0 Å². The van der Waals surface area contributed by atoms with Crippen molar-refractivity contribution in [3.8, 4) is 22.8 Å². The number of para-hydroxylation sites is 1. The number of benzene rings is 3. The first-order valence-electron chi connectivity index (χ1n) is 12.0. The van der Waals surface area contributed by atoms with E-state index in [1.807, 2.05) is 30.3 Å². The number of aromatic carboxylic acids is 1. The van der Waals surface area contributed by atoms with Crippen LogP contribution >= 0.6 is 0 Å². The molecule has 41 heavy (non-hydrogen) atoms. The van der Waals surface area contributed by atoms with Crippen molar-refractivity contribution in [1.82, 2.24) is 8.69 Å². The molecule has 1 aliphatic heterocycles. The number of carbonyl (C=O) groups excluding carboxylic acids is 1. The number of sulfonamides is 1. The fourth-order valence-corrected chi connectivity index (χ4v) is 7.50. The van der Waals surface area contributed by atoms with Gasteiger partial charge >= 0.3 is 22.1 Å². The van der Waals surface area contributed by atoms with E-state index in [0.717, 1.165) is 5.56 Å². The van der Waals surface area contributed by atoms with Crippen LogP contribution in [0, 0.1) is 0 Å². The molecule has 4 aromatic rings. The molecule has 1 aliphatic rings. The van der Waals surface area contributed by atoms with E-state index in [4.69, 9.17) is 9.47 Å². The van der Waals surface area contributed by atoms with E-state index >= 15 is 0 Å². The van der Waals surface area contributed by atoms with Gasteiger partial charge in [0, 0.05) is 12.2 Å². The molecule has 0 saturated carbocycles. The van der Waals surface area contributed by atoms with Gasteiger partial charge in [-0.05, 0) is 47.5 Å². The van der Waals surface area contributed by atoms with E-state index in [1.165, 1.54) is 54.1 Å². The maximum absolute atomic E-state index is 13.3. The number of methoxy groups -OCH3 is 1. The predicted octanol–water partition coefficient (Wildman–Crippen LogP) is 2.86. The summed E-state index contributed by atoms with van der Waals surface area (Å²) in [5.74, 6) is -2.17. The molecule has 0 saturated heterocycles. The molecule has 0 fully saturated rings. The van der Waals surface area contributed by atoms with Gasteiger partial charge in [0.2, 0.25) is 0 Å². The third kappa shape index (κ3) is 5.52. The minimum atomic E-state index is -4.84. The quantitative estimate of drug-likeness (QED) is 0.218. The summed E-state index contributed by atoms with van der Waals surface area (Å²) in [5.41, 5.74) is 1.47. The highest BCUT2D eigenvalue weighted by atomic mass is 32.3. The van der Waals surface area contributed by atoms with Crippen molar-refractivity contribution < 1.29 is 41.0 Å². The molecule has 0 atom stereocenters. The number of esters is 1. The zero-order valence-corrected chi connectivity index (χ0v) is 23.1. The Bertz CT molecular complexity index is 1870. The molecule has 12 nitrogen and oxygen atoms in total. The molecule has 0 spiro atoms. The van der Waals surface area contributed by atoms with E-state index in [2.05, 4.69) is 0 Å². The van der Waals surface area contributed by atoms with Gasteiger partial charge in [0.25, 0.3) is 10.0 Å². The number of nitrogens with zero attached hydrogens (tertiary/aromatic N) is 2. The number of aromatic nitrogens is 1. The summed E-state index contributed by atoms with van der Waals surface area (Å²) in [6.45, 7) is -0.571. The van der Waals surface area contributed by atoms with Gasteiger partial charge in [-0.1, -0.05) is 52.7 Å². The number of carboxylic acid groups (broad SMARTS) is 1. The van der Waals surface area contributed by atoms with Gasteiger partial charge in [0.05, 0.1) is 12.0 Å². The maximum atomic E-state index is 13.3. The number of rotatable bonds is 9. The molecule has 2 N–H and O–H groups in total. The molecule has 0 amide bonds. The van der Waals surface area contributed by atoms with Gasteiger partial charge in [-0.25, -0.2) is 22.3 Å². The number of carbonyl (C=O) groups is 2. The van der Waals surface area contributed by atoms with Crippen molar-refractivity contribution in [1.29, 1.82) is 0 Å². The average molecular weight is 598 g/mol. The summed E-state index contributed by atoms with van der Waals surface area (Å²) in [5, 5.41) is 9.72. The molecule has 1 aromatic heterocycles. The van der Waals surface area contributed by atoms with E-state index < -0.39 is 43.6 Å². The Morgan fingerprint density at radius 2 is 1.71 bits per heavy atom. The Labute approximate surface area is 235 Å². The lowest BCUT2D eigenvalue weighted by Gasteiger charge is -2.29.